The number of hydrogen-bond donors (Lipinski definition) is 8. The van der Waals surface area contributed by atoms with E-state index >= 15 is 0 Å². The number of nitrogens with one attached hydrogen (secondary N) is 5. The minimum Gasteiger partial charge on any atom is -0.493 e. The lowest BCUT2D eigenvalue weighted by molar-refractivity contribution is -0.137. The van der Waals surface area contributed by atoms with Crippen LogP contribution in [-0.4, -0.2) is 157 Å². The van der Waals surface area contributed by atoms with E-state index in [0.29, 0.717) is 132 Å². The third-order valence-corrected chi connectivity index (χ3v) is 14.3. The summed E-state index contributed by atoms with van der Waals surface area (Å²) in [6.07, 6.45) is 1.78. The van der Waals surface area contributed by atoms with Crippen LogP contribution in [0.3, 0.4) is 0 Å². The van der Waals surface area contributed by atoms with Gasteiger partial charge in [0, 0.05) is 87.3 Å². The summed E-state index contributed by atoms with van der Waals surface area (Å²) < 4.78 is 46.2. The number of rotatable bonds is 42. The fraction of sp³-hybridized carbons (Fsp3) is 0.534. The zero-order chi connectivity index (χ0) is 59.9. The Bertz CT molecular complexity index is 2730. The number of hydrogen-bond acceptors (Lipinski definition) is 18. The van der Waals surface area contributed by atoms with Gasteiger partial charge in [0.15, 0.2) is 28.8 Å². The minimum absolute atomic E-state index is 0.00870. The molecule has 0 saturated carbocycles. The van der Waals surface area contributed by atoms with Crippen molar-refractivity contribution in [3.8, 4) is 23.0 Å². The minimum atomic E-state index is -1.03. The second-order valence-electron chi connectivity index (χ2n) is 19.8. The van der Waals surface area contributed by atoms with E-state index in [1.807, 2.05) is 26.0 Å². The number of anilines is 1. The predicted molar refractivity (Wildman–Crippen MR) is 311 cm³/mol. The highest BCUT2D eigenvalue weighted by atomic mass is 32.1. The molecule has 6 amide bonds. The lowest BCUT2D eigenvalue weighted by atomic mass is 10.0. The summed E-state index contributed by atoms with van der Waals surface area (Å²) >= 11 is 1.28. The van der Waals surface area contributed by atoms with Crippen molar-refractivity contribution in [1.29, 1.82) is 0 Å². The zero-order valence-corrected chi connectivity index (χ0v) is 48.8. The van der Waals surface area contributed by atoms with E-state index in [1.54, 1.807) is 54.5 Å². The Morgan fingerprint density at radius 1 is 0.675 bits per heavy atom. The van der Waals surface area contributed by atoms with Gasteiger partial charge in [-0.05, 0) is 83.7 Å². The van der Waals surface area contributed by atoms with Crippen molar-refractivity contribution in [2.75, 3.05) is 98.8 Å². The maximum atomic E-state index is 13.5. The molecule has 5 rings (SSSR count). The van der Waals surface area contributed by atoms with E-state index in [-0.39, 0.29) is 99.9 Å². The maximum absolute atomic E-state index is 13.5. The van der Waals surface area contributed by atoms with Crippen LogP contribution < -0.4 is 57.0 Å². The molecule has 1 aromatic heterocycles. The van der Waals surface area contributed by atoms with Crippen molar-refractivity contribution in [1.82, 2.24) is 26.2 Å². The van der Waals surface area contributed by atoms with Crippen LogP contribution in [0.1, 0.15) is 98.0 Å². The van der Waals surface area contributed by atoms with Crippen LogP contribution in [0.25, 0.3) is 10.1 Å². The largest absolute Gasteiger partial charge is 0.493 e. The second-order valence-corrected chi connectivity index (χ2v) is 20.9. The number of ether oxygens (including phenoxy) is 8. The summed E-state index contributed by atoms with van der Waals surface area (Å²) in [7, 11) is 3.07. The molecule has 24 nitrogen and oxygen atoms in total. The maximum Gasteiger partial charge on any atom is 0.312 e. The van der Waals surface area contributed by atoms with E-state index in [9.17, 15) is 33.6 Å². The van der Waals surface area contributed by atoms with E-state index in [0.717, 1.165) is 26.8 Å². The number of benzene rings is 3. The molecule has 10 N–H and O–H groups in total. The van der Waals surface area contributed by atoms with Gasteiger partial charge < -0.3 is 80.6 Å². The van der Waals surface area contributed by atoms with Gasteiger partial charge in [-0.15, -0.1) is 11.3 Å². The molecule has 0 aliphatic carbocycles. The number of carboxylic acids is 1. The van der Waals surface area contributed by atoms with Crippen molar-refractivity contribution in [2.45, 2.75) is 103 Å². The predicted octanol–water partition coefficient (Wildman–Crippen LogP) is 5.00. The molecule has 1 aliphatic heterocycles. The number of amides is 6. The third kappa shape index (κ3) is 23.9. The van der Waals surface area contributed by atoms with E-state index in [4.69, 9.17) is 54.5 Å². The Labute approximate surface area is 488 Å². The topological polar surface area (TPSA) is 329 Å². The van der Waals surface area contributed by atoms with Gasteiger partial charge in [0.05, 0.1) is 97.8 Å². The summed E-state index contributed by atoms with van der Waals surface area (Å²) in [5, 5.41) is 24.3. The SMILES string of the molecule is COc1cc2c(cc1OCCCOc1cc3cc(C(=O)CCC(=O)O)sc3cc1OC)CN(C(=O)CCC(=O)NCc1ccc(NC(=O)[C@H](CCCNC(N)=O)NCOCC[C@@H](NC(=O)CCOCCOCCOCCN)C(C)C)cc1)C2. The molecule has 0 fully saturated rings. The van der Waals surface area contributed by atoms with E-state index in [2.05, 4.69) is 26.6 Å². The summed E-state index contributed by atoms with van der Waals surface area (Å²) in [5.74, 6) is 0.0168. The molecule has 0 unspecified atom stereocenters. The van der Waals surface area contributed by atoms with Crippen molar-refractivity contribution in [3.63, 3.8) is 0 Å². The summed E-state index contributed by atoms with van der Waals surface area (Å²) in [6, 6.07) is 14.6. The van der Waals surface area contributed by atoms with E-state index in [1.165, 1.54) is 18.4 Å². The third-order valence-electron chi connectivity index (χ3n) is 13.2. The van der Waals surface area contributed by atoms with Crippen molar-refractivity contribution >= 4 is 68.5 Å². The molecule has 0 bridgehead atoms. The summed E-state index contributed by atoms with van der Waals surface area (Å²) in [6.45, 7) is 9.08. The first-order valence-electron chi connectivity index (χ1n) is 27.9. The molecule has 83 heavy (non-hydrogen) atoms. The van der Waals surface area contributed by atoms with Crippen molar-refractivity contribution in [3.05, 3.63) is 76.2 Å². The van der Waals surface area contributed by atoms with Crippen LogP contribution in [0.5, 0.6) is 23.0 Å². The molecule has 1 aliphatic rings. The number of urea groups is 1. The summed E-state index contributed by atoms with van der Waals surface area (Å²) in [5.41, 5.74) is 13.8. The van der Waals surface area contributed by atoms with Crippen LogP contribution in [-0.2, 0) is 62.6 Å². The number of carbonyl (C=O) groups excluding carboxylic acids is 6. The Hall–Kier alpha value is -7.13. The van der Waals surface area contributed by atoms with Crippen LogP contribution in [0.15, 0.2) is 54.6 Å². The van der Waals surface area contributed by atoms with E-state index < -0.39 is 18.0 Å². The number of carbonyl (C=O) groups is 7. The number of ketones is 1. The molecule has 0 spiro atoms. The van der Waals surface area contributed by atoms with Gasteiger partial charge in [-0.1, -0.05) is 26.0 Å². The van der Waals surface area contributed by atoms with Crippen LogP contribution in [0, 0.1) is 5.92 Å². The number of carboxylic acid groups (broad SMARTS) is 1. The van der Waals surface area contributed by atoms with Crippen LogP contribution in [0.2, 0.25) is 0 Å². The van der Waals surface area contributed by atoms with Crippen LogP contribution >= 0.6 is 11.3 Å². The number of nitrogens with zero attached hydrogens (tertiary/aromatic N) is 1. The summed E-state index contributed by atoms with van der Waals surface area (Å²) in [4.78, 5) is 89.3. The van der Waals surface area contributed by atoms with Crippen molar-refractivity contribution < 1.29 is 76.6 Å². The normalized spacial score (nSPS) is 12.6. The first-order chi connectivity index (χ1) is 40.1. The van der Waals surface area contributed by atoms with Gasteiger partial charge in [0.25, 0.3) is 0 Å². The van der Waals surface area contributed by atoms with Gasteiger partial charge in [-0.25, -0.2) is 4.79 Å². The molecule has 2 atom stereocenters. The van der Waals surface area contributed by atoms with Gasteiger partial charge in [0.1, 0.15) is 0 Å². The van der Waals surface area contributed by atoms with Gasteiger partial charge in [0.2, 0.25) is 23.6 Å². The first kappa shape index (κ1) is 66.7. The highest BCUT2D eigenvalue weighted by Gasteiger charge is 2.27. The number of Topliss-reactive ketones (excluding diaryl/α,β-unsaturated/α-hetero) is 1. The Kier molecular flexibility index (Phi) is 29.3. The molecular formula is C58H82N8O16S. The Morgan fingerprint density at radius 3 is 1.98 bits per heavy atom. The number of primary amides is 1. The lowest BCUT2D eigenvalue weighted by Crippen LogP contribution is -2.43. The molecular weight excluding hydrogens is 1100 g/mol. The Morgan fingerprint density at radius 2 is 1.33 bits per heavy atom. The average Bonchev–Trinajstić information content (AvgIpc) is 4.34. The molecule has 25 heteroatoms. The number of aliphatic carboxylic acids is 1. The molecule has 456 valence electrons. The fourth-order valence-electron chi connectivity index (χ4n) is 8.61. The van der Waals surface area contributed by atoms with Gasteiger partial charge in [-0.2, -0.15) is 0 Å². The number of methoxy groups -OCH3 is 2. The average molecular weight is 1180 g/mol. The number of nitrogens with two attached hydrogens (primary N) is 2. The monoisotopic (exact) mass is 1180 g/mol. The Balaban J connectivity index is 0.989. The first-order valence-corrected chi connectivity index (χ1v) is 28.7. The smallest absolute Gasteiger partial charge is 0.312 e. The lowest BCUT2D eigenvalue weighted by Gasteiger charge is -2.23. The second kappa shape index (κ2) is 36.5. The highest BCUT2D eigenvalue weighted by Crippen LogP contribution is 2.38. The molecule has 3 aromatic carbocycles. The zero-order valence-electron chi connectivity index (χ0n) is 48.0. The fourth-order valence-corrected chi connectivity index (χ4v) is 9.65. The van der Waals surface area contributed by atoms with Crippen molar-refractivity contribution in [2.24, 2.45) is 17.4 Å². The molecule has 2 heterocycles. The van der Waals surface area contributed by atoms with Crippen LogP contribution in [0.4, 0.5) is 10.5 Å². The molecule has 0 saturated heterocycles. The standard InChI is InChI=1S/C58H82N8O16S/c1-38(2)44(65-54(69)17-23-77-25-27-79-28-26-78-24-18-59)16-22-80-37-63-45(7-5-19-61-58(60)74)57(73)64-43-10-8-39(9-11-43)34-62-53(68)13-14-55(70)66-35-41-30-47(75-3)50(31-42(41)36-66)82-21-6-20-81-49-29-40-32-52(46(67)12-15-56(71)72)83-51(40)33-48(49)76-4/h8-11,29-33,38,44-45,63H,5-7,12-28,34-37,59H2,1-4H3,(H,62,68)(H,64,73)(H,65,69)(H,71,72)(H3,60,61,74)/t44-,45+/m1/s1. The molecule has 0 radical (unpaired) electrons. The number of thiophene rings is 1. The quantitative estimate of drug-likeness (QED) is 0.0164. The van der Waals surface area contributed by atoms with Gasteiger partial charge >= 0.3 is 12.0 Å². The highest BCUT2D eigenvalue weighted by molar-refractivity contribution is 7.20. The number of fused-ring (bicyclic) bond motifs is 2. The molecule has 4 aromatic rings. The van der Waals surface area contributed by atoms with Gasteiger partial charge in [-0.3, -0.25) is 34.1 Å².